The van der Waals surface area contributed by atoms with E-state index in [1.54, 1.807) is 12.1 Å². The molecule has 0 saturated heterocycles. The summed E-state index contributed by atoms with van der Waals surface area (Å²) >= 11 is 0. The van der Waals surface area contributed by atoms with Crippen molar-refractivity contribution < 1.29 is 18.3 Å². The van der Waals surface area contributed by atoms with E-state index in [4.69, 9.17) is 10.5 Å². The molecular weight excluding hydrogens is 280 g/mol. The summed E-state index contributed by atoms with van der Waals surface area (Å²) in [5.74, 6) is 0.683. The Kier molecular flexibility index (Phi) is 7.28. The molecule has 1 aromatic carbocycles. The van der Waals surface area contributed by atoms with Gasteiger partial charge in [-0.3, -0.25) is 4.99 Å². The Bertz CT molecular complexity index is 468. The van der Waals surface area contributed by atoms with Crippen molar-refractivity contribution in [2.45, 2.75) is 26.4 Å². The molecule has 0 atom stereocenters. The third-order valence-corrected chi connectivity index (χ3v) is 2.67. The standard InChI is InChI=1S/C14H21F2N3O2/c1-3-7-18-14(17)19-8-6-10-4-5-11(20-2)12(9-10)21-13(15)16/h4-5,9,13H,3,6-8H2,1-2H3,(H3,17,18,19). The van der Waals surface area contributed by atoms with Crippen LogP contribution in [0.25, 0.3) is 0 Å². The third kappa shape index (κ3) is 6.29. The maximum Gasteiger partial charge on any atom is 0.387 e. The van der Waals surface area contributed by atoms with E-state index in [1.807, 2.05) is 6.92 Å². The van der Waals surface area contributed by atoms with Gasteiger partial charge in [-0.05, 0) is 30.5 Å². The first-order chi connectivity index (χ1) is 10.1. The summed E-state index contributed by atoms with van der Waals surface area (Å²) in [7, 11) is 1.40. The smallest absolute Gasteiger partial charge is 0.387 e. The molecule has 0 amide bonds. The van der Waals surface area contributed by atoms with Gasteiger partial charge in [-0.1, -0.05) is 13.0 Å². The number of rotatable bonds is 8. The van der Waals surface area contributed by atoms with Crippen molar-refractivity contribution in [1.29, 1.82) is 0 Å². The summed E-state index contributed by atoms with van der Waals surface area (Å²) in [6.45, 7) is 0.357. The van der Waals surface area contributed by atoms with Gasteiger partial charge in [0, 0.05) is 13.1 Å². The molecule has 0 aromatic heterocycles. The fraction of sp³-hybridized carbons (Fsp3) is 0.500. The number of hydrogen-bond acceptors (Lipinski definition) is 3. The largest absolute Gasteiger partial charge is 0.493 e. The number of guanidine groups is 1. The van der Waals surface area contributed by atoms with Crippen molar-refractivity contribution in [2.24, 2.45) is 10.7 Å². The molecular formula is C14H21F2N3O2. The van der Waals surface area contributed by atoms with Crippen molar-refractivity contribution in [3.05, 3.63) is 23.8 Å². The van der Waals surface area contributed by atoms with E-state index in [0.29, 0.717) is 25.5 Å². The summed E-state index contributed by atoms with van der Waals surface area (Å²) in [6, 6.07) is 4.92. The summed E-state index contributed by atoms with van der Waals surface area (Å²) in [5.41, 5.74) is 6.50. The van der Waals surface area contributed by atoms with Crippen LogP contribution >= 0.6 is 0 Å². The summed E-state index contributed by atoms with van der Waals surface area (Å²) < 4.78 is 34.1. The number of nitrogens with two attached hydrogens (primary N) is 1. The van der Waals surface area contributed by atoms with Gasteiger partial charge < -0.3 is 20.5 Å². The van der Waals surface area contributed by atoms with E-state index in [-0.39, 0.29) is 11.5 Å². The number of nitrogens with zero attached hydrogens (tertiary/aromatic N) is 1. The molecule has 0 aliphatic heterocycles. The van der Waals surface area contributed by atoms with Crippen LogP contribution in [-0.4, -0.2) is 32.8 Å². The van der Waals surface area contributed by atoms with Gasteiger partial charge in [-0.15, -0.1) is 0 Å². The van der Waals surface area contributed by atoms with Gasteiger partial charge in [0.25, 0.3) is 0 Å². The Morgan fingerprint density at radius 2 is 2.14 bits per heavy atom. The molecule has 0 bridgehead atoms. The van der Waals surface area contributed by atoms with E-state index in [0.717, 1.165) is 12.0 Å². The maximum absolute atomic E-state index is 12.3. The lowest BCUT2D eigenvalue weighted by Crippen LogP contribution is -2.33. The summed E-state index contributed by atoms with van der Waals surface area (Å²) in [6.07, 6.45) is 1.53. The van der Waals surface area contributed by atoms with Crippen LogP contribution in [0.15, 0.2) is 23.2 Å². The lowest BCUT2D eigenvalue weighted by molar-refractivity contribution is -0.0512. The van der Waals surface area contributed by atoms with Crippen LogP contribution in [0.1, 0.15) is 18.9 Å². The molecule has 0 fully saturated rings. The van der Waals surface area contributed by atoms with E-state index < -0.39 is 6.61 Å². The molecule has 0 spiro atoms. The molecule has 1 rings (SSSR count). The zero-order chi connectivity index (χ0) is 15.7. The first-order valence-electron chi connectivity index (χ1n) is 6.72. The quantitative estimate of drug-likeness (QED) is 0.570. The second kappa shape index (κ2) is 8.99. The van der Waals surface area contributed by atoms with Crippen LogP contribution in [0.4, 0.5) is 8.78 Å². The van der Waals surface area contributed by atoms with Crippen LogP contribution in [0, 0.1) is 0 Å². The Labute approximate surface area is 123 Å². The SMILES string of the molecule is CCCN=C(N)NCCc1ccc(OC)c(OC(F)F)c1. The van der Waals surface area contributed by atoms with Gasteiger partial charge >= 0.3 is 6.61 Å². The van der Waals surface area contributed by atoms with Crippen LogP contribution < -0.4 is 20.5 Å². The summed E-state index contributed by atoms with van der Waals surface area (Å²) in [5, 5.41) is 2.96. The first-order valence-corrected chi connectivity index (χ1v) is 6.72. The van der Waals surface area contributed by atoms with Gasteiger partial charge in [-0.25, -0.2) is 0 Å². The number of nitrogens with one attached hydrogen (secondary N) is 1. The average Bonchev–Trinajstić information content (AvgIpc) is 2.45. The highest BCUT2D eigenvalue weighted by atomic mass is 19.3. The Hall–Kier alpha value is -2.05. The van der Waals surface area contributed by atoms with Crippen molar-refractivity contribution >= 4 is 5.96 Å². The maximum atomic E-state index is 12.3. The zero-order valence-corrected chi connectivity index (χ0v) is 12.2. The normalized spacial score (nSPS) is 11.6. The molecule has 118 valence electrons. The second-order valence-corrected chi connectivity index (χ2v) is 4.31. The van der Waals surface area contributed by atoms with E-state index in [2.05, 4.69) is 15.0 Å². The molecule has 0 aliphatic rings. The Balaban J connectivity index is 2.59. The highest BCUT2D eigenvalue weighted by molar-refractivity contribution is 5.77. The fourth-order valence-electron chi connectivity index (χ4n) is 1.69. The number of methoxy groups -OCH3 is 1. The first kappa shape index (κ1) is 17.0. The molecule has 0 unspecified atom stereocenters. The topological polar surface area (TPSA) is 68.9 Å². The van der Waals surface area contributed by atoms with Crippen LogP contribution in [0.3, 0.4) is 0 Å². The number of aliphatic imine (C=N–C) groups is 1. The number of halogens is 2. The van der Waals surface area contributed by atoms with Gasteiger partial charge in [-0.2, -0.15) is 8.78 Å². The van der Waals surface area contributed by atoms with E-state index in [1.165, 1.54) is 13.2 Å². The molecule has 1 aromatic rings. The summed E-state index contributed by atoms with van der Waals surface area (Å²) in [4.78, 5) is 4.10. The predicted molar refractivity (Wildman–Crippen MR) is 78.1 cm³/mol. The minimum Gasteiger partial charge on any atom is -0.493 e. The molecule has 0 heterocycles. The fourth-order valence-corrected chi connectivity index (χ4v) is 1.69. The Morgan fingerprint density at radius 3 is 2.76 bits per heavy atom. The number of ether oxygens (including phenoxy) is 2. The van der Waals surface area contributed by atoms with Gasteiger partial charge in [0.1, 0.15) is 0 Å². The highest BCUT2D eigenvalue weighted by Crippen LogP contribution is 2.29. The molecule has 0 aliphatic carbocycles. The van der Waals surface area contributed by atoms with E-state index in [9.17, 15) is 8.78 Å². The van der Waals surface area contributed by atoms with Gasteiger partial charge in [0.2, 0.25) is 0 Å². The van der Waals surface area contributed by atoms with Crippen molar-refractivity contribution in [3.63, 3.8) is 0 Å². The Morgan fingerprint density at radius 1 is 1.38 bits per heavy atom. The van der Waals surface area contributed by atoms with Gasteiger partial charge in [0.05, 0.1) is 7.11 Å². The second-order valence-electron chi connectivity index (χ2n) is 4.31. The van der Waals surface area contributed by atoms with E-state index >= 15 is 0 Å². The molecule has 0 radical (unpaired) electrons. The molecule has 21 heavy (non-hydrogen) atoms. The van der Waals surface area contributed by atoms with Crippen LogP contribution in [0.5, 0.6) is 11.5 Å². The lowest BCUT2D eigenvalue weighted by Gasteiger charge is -2.12. The van der Waals surface area contributed by atoms with Crippen molar-refractivity contribution in [3.8, 4) is 11.5 Å². The highest BCUT2D eigenvalue weighted by Gasteiger charge is 2.11. The number of alkyl halides is 2. The average molecular weight is 301 g/mol. The molecule has 7 heteroatoms. The van der Waals surface area contributed by atoms with Crippen molar-refractivity contribution in [1.82, 2.24) is 5.32 Å². The minimum absolute atomic E-state index is 0.0256. The van der Waals surface area contributed by atoms with Crippen molar-refractivity contribution in [2.75, 3.05) is 20.2 Å². The third-order valence-electron chi connectivity index (χ3n) is 2.67. The van der Waals surface area contributed by atoms with Crippen LogP contribution in [-0.2, 0) is 6.42 Å². The van der Waals surface area contributed by atoms with Crippen LogP contribution in [0.2, 0.25) is 0 Å². The zero-order valence-electron chi connectivity index (χ0n) is 12.2. The molecule has 3 N–H and O–H groups in total. The monoisotopic (exact) mass is 301 g/mol. The lowest BCUT2D eigenvalue weighted by atomic mass is 10.1. The molecule has 0 saturated carbocycles. The molecule has 5 nitrogen and oxygen atoms in total. The number of benzene rings is 1. The van der Waals surface area contributed by atoms with Gasteiger partial charge in [0.15, 0.2) is 17.5 Å². The number of hydrogen-bond donors (Lipinski definition) is 2. The predicted octanol–water partition coefficient (Wildman–Crippen LogP) is 2.15. The minimum atomic E-state index is -2.89.